The van der Waals surface area contributed by atoms with Gasteiger partial charge in [-0.05, 0) is 30.8 Å². The first kappa shape index (κ1) is 19.7. The normalized spacial score (nSPS) is 14.8. The summed E-state index contributed by atoms with van der Waals surface area (Å²) in [6.07, 6.45) is 7.36. The summed E-state index contributed by atoms with van der Waals surface area (Å²) in [7, 11) is 2.15. The number of aromatic nitrogens is 5. The highest BCUT2D eigenvalue weighted by Gasteiger charge is 2.20. The van der Waals surface area contributed by atoms with Crippen LogP contribution in [0.3, 0.4) is 0 Å². The monoisotopic (exact) mass is 434 g/mol. The summed E-state index contributed by atoms with van der Waals surface area (Å²) >= 11 is 5.96. The third-order valence-electron chi connectivity index (χ3n) is 5.49. The Bertz CT molecular complexity index is 1180. The van der Waals surface area contributed by atoms with Gasteiger partial charge in [-0.25, -0.2) is 19.9 Å². The molecule has 158 valence electrons. The number of halogens is 1. The SMILES string of the molecule is CN1CCN(c2nccn3c(-c4ccnc(NCc5ccc(Cl)cc5)n4)cnc23)CC1. The Hall–Kier alpha value is -3.23. The molecule has 0 spiro atoms. The minimum absolute atomic E-state index is 0.566. The van der Waals surface area contributed by atoms with E-state index in [4.69, 9.17) is 16.6 Å². The summed E-state index contributed by atoms with van der Waals surface area (Å²) in [5.41, 5.74) is 3.66. The van der Waals surface area contributed by atoms with Crippen molar-refractivity contribution in [1.82, 2.24) is 29.2 Å². The van der Waals surface area contributed by atoms with Gasteiger partial charge in [-0.3, -0.25) is 4.40 Å². The second-order valence-corrected chi connectivity index (χ2v) is 8.06. The average Bonchev–Trinajstić information content (AvgIpc) is 3.24. The topological polar surface area (TPSA) is 74.5 Å². The first-order valence-electron chi connectivity index (χ1n) is 10.2. The molecule has 0 saturated carbocycles. The van der Waals surface area contributed by atoms with Crippen molar-refractivity contribution in [1.29, 1.82) is 0 Å². The lowest BCUT2D eigenvalue weighted by Crippen LogP contribution is -2.45. The number of imidazole rings is 1. The van der Waals surface area contributed by atoms with Crippen LogP contribution in [0, 0.1) is 0 Å². The van der Waals surface area contributed by atoms with Crippen molar-refractivity contribution in [2.24, 2.45) is 0 Å². The van der Waals surface area contributed by atoms with Crippen molar-refractivity contribution in [3.8, 4) is 11.4 Å². The van der Waals surface area contributed by atoms with Gasteiger partial charge in [0.1, 0.15) is 0 Å². The van der Waals surface area contributed by atoms with Crippen molar-refractivity contribution in [2.45, 2.75) is 6.54 Å². The standard InChI is InChI=1S/C22H23ClN8/c1-29-10-12-30(13-11-29)20-21-26-15-19(31(21)9-8-24-20)18-6-7-25-22(28-18)27-14-16-2-4-17(23)5-3-16/h2-9,15H,10-14H2,1H3,(H,25,27,28). The van der Waals surface area contributed by atoms with Crippen LogP contribution < -0.4 is 10.2 Å². The molecule has 1 aliphatic heterocycles. The van der Waals surface area contributed by atoms with Crippen molar-refractivity contribution in [2.75, 3.05) is 43.4 Å². The molecule has 0 amide bonds. The van der Waals surface area contributed by atoms with E-state index in [0.29, 0.717) is 12.5 Å². The minimum Gasteiger partial charge on any atom is -0.351 e. The number of anilines is 2. The van der Waals surface area contributed by atoms with Crippen LogP contribution in [0.4, 0.5) is 11.8 Å². The van der Waals surface area contributed by atoms with E-state index in [1.807, 2.05) is 53.3 Å². The highest BCUT2D eigenvalue weighted by molar-refractivity contribution is 6.30. The van der Waals surface area contributed by atoms with Crippen LogP contribution in [0.15, 0.2) is 55.1 Å². The van der Waals surface area contributed by atoms with Crippen LogP contribution in [0.1, 0.15) is 5.56 Å². The lowest BCUT2D eigenvalue weighted by Gasteiger charge is -2.33. The Balaban J connectivity index is 1.40. The predicted molar refractivity (Wildman–Crippen MR) is 123 cm³/mol. The highest BCUT2D eigenvalue weighted by Crippen LogP contribution is 2.25. The van der Waals surface area contributed by atoms with Crippen molar-refractivity contribution in [3.05, 3.63) is 65.7 Å². The van der Waals surface area contributed by atoms with E-state index in [-0.39, 0.29) is 0 Å². The maximum absolute atomic E-state index is 5.96. The third-order valence-corrected chi connectivity index (χ3v) is 5.75. The predicted octanol–water partition coefficient (Wildman–Crippen LogP) is 3.20. The van der Waals surface area contributed by atoms with Gasteiger partial charge in [0.2, 0.25) is 5.95 Å². The van der Waals surface area contributed by atoms with E-state index in [9.17, 15) is 0 Å². The molecule has 1 saturated heterocycles. The van der Waals surface area contributed by atoms with Crippen molar-refractivity contribution < 1.29 is 0 Å². The molecule has 1 aliphatic rings. The van der Waals surface area contributed by atoms with Gasteiger partial charge in [0.25, 0.3) is 0 Å². The number of likely N-dealkylation sites (N-methyl/N-ethyl adjacent to an activating group) is 1. The summed E-state index contributed by atoms with van der Waals surface area (Å²) in [6, 6.07) is 9.61. The van der Waals surface area contributed by atoms with Crippen molar-refractivity contribution in [3.63, 3.8) is 0 Å². The molecule has 0 atom stereocenters. The number of piperazine rings is 1. The summed E-state index contributed by atoms with van der Waals surface area (Å²) < 4.78 is 2.05. The number of benzene rings is 1. The molecule has 4 heterocycles. The molecule has 5 rings (SSSR count). The fourth-order valence-corrected chi connectivity index (χ4v) is 3.83. The minimum atomic E-state index is 0.566. The van der Waals surface area contributed by atoms with Crippen LogP contribution in [-0.4, -0.2) is 62.5 Å². The molecule has 1 N–H and O–H groups in total. The molecule has 1 fully saturated rings. The van der Waals surface area contributed by atoms with Crippen LogP contribution in [0.2, 0.25) is 5.02 Å². The van der Waals surface area contributed by atoms with Crippen LogP contribution in [-0.2, 0) is 6.54 Å². The lowest BCUT2D eigenvalue weighted by molar-refractivity contribution is 0.312. The van der Waals surface area contributed by atoms with Gasteiger partial charge in [-0.1, -0.05) is 23.7 Å². The Morgan fingerprint density at radius 1 is 0.968 bits per heavy atom. The summed E-state index contributed by atoms with van der Waals surface area (Å²) in [4.78, 5) is 23.0. The number of fused-ring (bicyclic) bond motifs is 1. The van der Waals surface area contributed by atoms with Crippen LogP contribution >= 0.6 is 11.6 Å². The molecular formula is C22H23ClN8. The van der Waals surface area contributed by atoms with E-state index < -0.39 is 0 Å². The zero-order chi connectivity index (χ0) is 21.2. The number of hydrogen-bond acceptors (Lipinski definition) is 7. The Morgan fingerprint density at radius 3 is 2.58 bits per heavy atom. The fraction of sp³-hybridized carbons (Fsp3) is 0.273. The molecule has 9 heteroatoms. The maximum atomic E-state index is 5.96. The van der Waals surface area contributed by atoms with E-state index >= 15 is 0 Å². The van der Waals surface area contributed by atoms with Crippen LogP contribution in [0.25, 0.3) is 17.0 Å². The molecule has 0 aliphatic carbocycles. The first-order valence-corrected chi connectivity index (χ1v) is 10.6. The molecule has 8 nitrogen and oxygen atoms in total. The molecule has 1 aromatic carbocycles. The van der Waals surface area contributed by atoms with E-state index in [0.717, 1.165) is 59.6 Å². The van der Waals surface area contributed by atoms with Gasteiger partial charge < -0.3 is 15.1 Å². The lowest BCUT2D eigenvalue weighted by atomic mass is 10.2. The molecule has 4 aromatic rings. The molecule has 0 unspecified atom stereocenters. The zero-order valence-electron chi connectivity index (χ0n) is 17.2. The molecule has 0 bridgehead atoms. The number of hydrogen-bond donors (Lipinski definition) is 1. The molecule has 31 heavy (non-hydrogen) atoms. The van der Waals surface area contributed by atoms with Crippen molar-refractivity contribution >= 4 is 29.0 Å². The van der Waals surface area contributed by atoms with Crippen LogP contribution in [0.5, 0.6) is 0 Å². The molecule has 0 radical (unpaired) electrons. The molecular weight excluding hydrogens is 412 g/mol. The quantitative estimate of drug-likeness (QED) is 0.517. The van der Waals surface area contributed by atoms with Gasteiger partial charge in [0.05, 0.1) is 17.6 Å². The van der Waals surface area contributed by atoms with E-state index in [2.05, 4.69) is 37.1 Å². The van der Waals surface area contributed by atoms with Gasteiger partial charge >= 0.3 is 0 Å². The zero-order valence-corrected chi connectivity index (χ0v) is 18.0. The van der Waals surface area contributed by atoms with Gasteiger partial charge in [0, 0.05) is 56.3 Å². The number of nitrogens with one attached hydrogen (secondary N) is 1. The first-order chi connectivity index (χ1) is 15.2. The second-order valence-electron chi connectivity index (χ2n) is 7.62. The highest BCUT2D eigenvalue weighted by atomic mass is 35.5. The van der Waals surface area contributed by atoms with Gasteiger partial charge in [0.15, 0.2) is 11.5 Å². The average molecular weight is 435 g/mol. The van der Waals surface area contributed by atoms with Gasteiger partial charge in [-0.2, -0.15) is 0 Å². The fourth-order valence-electron chi connectivity index (χ4n) is 3.71. The Morgan fingerprint density at radius 2 is 1.77 bits per heavy atom. The van der Waals surface area contributed by atoms with Gasteiger partial charge in [-0.15, -0.1) is 0 Å². The summed E-state index contributed by atoms with van der Waals surface area (Å²) in [5, 5.41) is 4.00. The Labute approximate surface area is 185 Å². The molecule has 3 aromatic heterocycles. The smallest absolute Gasteiger partial charge is 0.223 e. The largest absolute Gasteiger partial charge is 0.351 e. The summed E-state index contributed by atoms with van der Waals surface area (Å²) in [6.45, 7) is 4.54. The van der Waals surface area contributed by atoms with E-state index in [1.54, 1.807) is 6.20 Å². The number of rotatable bonds is 5. The Kier molecular flexibility index (Phi) is 5.40. The van der Waals surface area contributed by atoms with E-state index in [1.165, 1.54) is 0 Å². The number of nitrogens with zero attached hydrogens (tertiary/aromatic N) is 7. The second kappa shape index (κ2) is 8.49. The maximum Gasteiger partial charge on any atom is 0.223 e. The third kappa shape index (κ3) is 4.17. The summed E-state index contributed by atoms with van der Waals surface area (Å²) in [5.74, 6) is 1.48.